The number of pyridine rings is 1. The summed E-state index contributed by atoms with van der Waals surface area (Å²) in [7, 11) is 0. The van der Waals surface area contributed by atoms with Gasteiger partial charge in [-0.2, -0.15) is 0 Å². The highest BCUT2D eigenvalue weighted by Crippen LogP contribution is 2.64. The number of fused-ring (bicyclic) bond motifs is 22. The van der Waals surface area contributed by atoms with Crippen molar-refractivity contribution in [3.8, 4) is 50.3 Å². The van der Waals surface area contributed by atoms with Crippen molar-refractivity contribution < 1.29 is 8.83 Å². The summed E-state index contributed by atoms with van der Waals surface area (Å²) < 4.78 is 16.4. The fourth-order valence-corrected chi connectivity index (χ4v) is 15.0. The van der Waals surface area contributed by atoms with Gasteiger partial charge in [0.1, 0.15) is 22.3 Å². The van der Waals surface area contributed by atoms with Crippen molar-refractivity contribution in [3.63, 3.8) is 0 Å². The summed E-state index contributed by atoms with van der Waals surface area (Å²) >= 11 is 0. The molecule has 3 aliphatic rings. The van der Waals surface area contributed by atoms with Gasteiger partial charge in [0, 0.05) is 88.6 Å². The maximum atomic E-state index is 7.12. The van der Waals surface area contributed by atoms with Gasteiger partial charge in [-0.1, -0.05) is 157 Å². The highest BCUT2D eigenvalue weighted by molar-refractivity contribution is 6.22. The summed E-state index contributed by atoms with van der Waals surface area (Å²) in [5.74, 6) is 0. The lowest BCUT2D eigenvalue weighted by Gasteiger charge is -2.32. The van der Waals surface area contributed by atoms with E-state index in [0.29, 0.717) is 0 Å². The van der Waals surface area contributed by atoms with Crippen LogP contribution in [0, 0.1) is 0 Å². The fourth-order valence-electron chi connectivity index (χ4n) is 15.0. The summed E-state index contributed by atoms with van der Waals surface area (Å²) in [6, 6.07) is 75.7. The van der Waals surface area contributed by atoms with Gasteiger partial charge in [-0.25, -0.2) is 0 Å². The average Bonchev–Trinajstić information content (AvgIpc) is 4.32. The van der Waals surface area contributed by atoms with Crippen LogP contribution in [0.5, 0.6) is 0 Å². The second kappa shape index (κ2) is 15.4. The normalized spacial score (nSPS) is 15.0. The molecule has 0 N–H and O–H groups in total. The zero-order chi connectivity index (χ0) is 52.8. The van der Waals surface area contributed by atoms with Crippen molar-refractivity contribution in [2.75, 3.05) is 4.90 Å². The molecule has 10 aromatic carbocycles. The van der Waals surface area contributed by atoms with E-state index in [4.69, 9.17) is 13.8 Å². The first kappa shape index (κ1) is 44.7. The number of rotatable bonds is 5. The van der Waals surface area contributed by atoms with Crippen LogP contribution in [0.3, 0.4) is 0 Å². The molecule has 0 unspecified atom stereocenters. The van der Waals surface area contributed by atoms with E-state index in [1.807, 2.05) is 12.3 Å². The van der Waals surface area contributed by atoms with E-state index in [9.17, 15) is 0 Å². The number of nitrogens with zero attached hydrogens (tertiary/aromatic N) is 3. The minimum Gasteiger partial charge on any atom is -0.455 e. The van der Waals surface area contributed by atoms with Gasteiger partial charge in [-0.15, -0.1) is 0 Å². The standard InChI is InChI=1S/C74H53N3O2/c1-72(2)55-39-44(31-34-48(55)63-57(72)41-53(58-27-18-19-37-75-58)70-65(63)50-24-12-16-29-61(50)78-70)76(43-33-36-60-52(38-43)46-22-11-15-28-59(46)77(60)42-20-8-7-9-21-42)45-32-35-49-56(40-45)74(5,6)69-67(49)71-66(51-25-13-17-30-62(51)79-71)64-47-23-10-14-26-54(47)73(3,4)68(64)69/h7-41H,1-6H3. The molecule has 0 aliphatic heterocycles. The Hall–Kier alpha value is -9.45. The highest BCUT2D eigenvalue weighted by atomic mass is 16.3. The summed E-state index contributed by atoms with van der Waals surface area (Å²) in [4.78, 5) is 7.40. The first-order valence-electron chi connectivity index (χ1n) is 27.7. The Morgan fingerprint density at radius 3 is 1.66 bits per heavy atom. The average molecular weight is 1020 g/mol. The monoisotopic (exact) mass is 1020 g/mol. The number of para-hydroxylation sites is 4. The molecule has 79 heavy (non-hydrogen) atoms. The van der Waals surface area contributed by atoms with Crippen LogP contribution in [0.2, 0.25) is 0 Å². The van der Waals surface area contributed by atoms with Crippen molar-refractivity contribution in [1.82, 2.24) is 9.55 Å². The predicted octanol–water partition coefficient (Wildman–Crippen LogP) is 20.0. The number of hydrogen-bond donors (Lipinski definition) is 0. The molecule has 3 aliphatic carbocycles. The maximum absolute atomic E-state index is 7.12. The largest absolute Gasteiger partial charge is 0.455 e. The Balaban J connectivity index is 0.915. The number of aromatic nitrogens is 2. The first-order chi connectivity index (χ1) is 38.5. The quantitative estimate of drug-likeness (QED) is 0.172. The molecule has 5 nitrogen and oxygen atoms in total. The van der Waals surface area contributed by atoms with Crippen LogP contribution in [-0.2, 0) is 16.2 Å². The molecule has 376 valence electrons. The predicted molar refractivity (Wildman–Crippen MR) is 326 cm³/mol. The summed E-state index contributed by atoms with van der Waals surface area (Å²) in [6.07, 6.45) is 1.87. The van der Waals surface area contributed by atoms with Crippen molar-refractivity contribution in [2.24, 2.45) is 0 Å². The lowest BCUT2D eigenvalue weighted by atomic mass is 9.72. The molecule has 4 heterocycles. The summed E-state index contributed by atoms with van der Waals surface area (Å²) in [6.45, 7) is 14.5. The first-order valence-corrected chi connectivity index (χ1v) is 27.7. The number of benzene rings is 10. The van der Waals surface area contributed by atoms with Crippen LogP contribution in [-0.4, -0.2) is 9.55 Å². The third kappa shape index (κ3) is 5.76. The third-order valence-electron chi connectivity index (χ3n) is 18.5. The highest BCUT2D eigenvalue weighted by Gasteiger charge is 2.49. The minimum atomic E-state index is -0.387. The second-order valence-corrected chi connectivity index (χ2v) is 23.8. The van der Waals surface area contributed by atoms with Crippen LogP contribution in [0.25, 0.3) is 116 Å². The molecular formula is C74H53N3O2. The van der Waals surface area contributed by atoms with E-state index in [1.165, 1.54) is 99.3 Å². The molecule has 17 rings (SSSR count). The van der Waals surface area contributed by atoms with Crippen LogP contribution in [0.15, 0.2) is 221 Å². The third-order valence-corrected chi connectivity index (χ3v) is 18.5. The molecule has 0 bridgehead atoms. The molecule has 0 atom stereocenters. The molecular weight excluding hydrogens is 963 g/mol. The molecule has 0 saturated carbocycles. The Bertz CT molecular complexity index is 4990. The Kier molecular flexibility index (Phi) is 8.70. The molecule has 14 aromatic rings. The van der Waals surface area contributed by atoms with E-state index < -0.39 is 0 Å². The van der Waals surface area contributed by atoms with Crippen molar-refractivity contribution in [1.29, 1.82) is 0 Å². The summed E-state index contributed by atoms with van der Waals surface area (Å²) in [5, 5.41) is 7.05. The van der Waals surface area contributed by atoms with Gasteiger partial charge >= 0.3 is 0 Å². The summed E-state index contributed by atoms with van der Waals surface area (Å²) in [5.41, 5.74) is 26.8. The van der Waals surface area contributed by atoms with Crippen molar-refractivity contribution in [3.05, 3.63) is 246 Å². The van der Waals surface area contributed by atoms with Crippen LogP contribution < -0.4 is 4.90 Å². The Labute approximate surface area is 457 Å². The van der Waals surface area contributed by atoms with Crippen LogP contribution in [0.4, 0.5) is 17.1 Å². The number of furan rings is 2. The molecule has 4 aromatic heterocycles. The molecule has 0 amide bonds. The molecule has 0 spiro atoms. The number of hydrogen-bond acceptors (Lipinski definition) is 4. The zero-order valence-corrected chi connectivity index (χ0v) is 44.9. The van der Waals surface area contributed by atoms with E-state index in [1.54, 1.807) is 0 Å². The Morgan fingerprint density at radius 2 is 0.924 bits per heavy atom. The fraction of sp³-hybridized carbons (Fsp3) is 0.122. The lowest BCUT2D eigenvalue weighted by Crippen LogP contribution is -2.24. The number of anilines is 3. The van der Waals surface area contributed by atoms with E-state index in [0.717, 1.165) is 67.1 Å². The second-order valence-electron chi connectivity index (χ2n) is 23.8. The maximum Gasteiger partial charge on any atom is 0.145 e. The lowest BCUT2D eigenvalue weighted by molar-refractivity contribution is 0.600. The van der Waals surface area contributed by atoms with Crippen molar-refractivity contribution >= 4 is 82.7 Å². The Morgan fingerprint density at radius 1 is 0.380 bits per heavy atom. The van der Waals surface area contributed by atoms with Gasteiger partial charge in [0.15, 0.2) is 0 Å². The SMILES string of the molecule is CC1(C)c2cc(N(c3ccc4c(c3)C(C)(C)c3c5c(c6c(oc7ccccc76)c3-4)-c3ccccc3C5(C)C)c3ccc4c(c3)c3ccccc3n4-c3ccccc3)ccc2-c2c1cc(-c1ccccn1)c1oc3ccccc3c21. The zero-order valence-electron chi connectivity index (χ0n) is 44.9. The van der Waals surface area contributed by atoms with E-state index in [2.05, 4.69) is 251 Å². The van der Waals surface area contributed by atoms with E-state index in [-0.39, 0.29) is 16.2 Å². The van der Waals surface area contributed by atoms with Gasteiger partial charge < -0.3 is 18.3 Å². The molecule has 0 radical (unpaired) electrons. The van der Waals surface area contributed by atoms with Gasteiger partial charge in [-0.3, -0.25) is 4.98 Å². The molecule has 0 saturated heterocycles. The van der Waals surface area contributed by atoms with Crippen LogP contribution in [0.1, 0.15) is 74.9 Å². The van der Waals surface area contributed by atoms with Gasteiger partial charge in [0.25, 0.3) is 0 Å². The van der Waals surface area contributed by atoms with Gasteiger partial charge in [0.05, 0.1) is 16.7 Å². The van der Waals surface area contributed by atoms with Crippen molar-refractivity contribution in [2.45, 2.75) is 57.8 Å². The van der Waals surface area contributed by atoms with E-state index >= 15 is 0 Å². The molecule has 5 heteroatoms. The minimum absolute atomic E-state index is 0.243. The topological polar surface area (TPSA) is 47.3 Å². The van der Waals surface area contributed by atoms with Gasteiger partial charge in [-0.05, 0) is 152 Å². The smallest absolute Gasteiger partial charge is 0.145 e. The van der Waals surface area contributed by atoms with Crippen LogP contribution >= 0.6 is 0 Å². The van der Waals surface area contributed by atoms with Gasteiger partial charge in [0.2, 0.25) is 0 Å². The molecule has 0 fully saturated rings.